The van der Waals surface area contributed by atoms with Gasteiger partial charge in [-0.15, -0.1) is 6.58 Å². The molecule has 0 heterocycles. The van der Waals surface area contributed by atoms with Crippen LogP contribution in [-0.4, -0.2) is 40.1 Å². The van der Waals surface area contributed by atoms with Crippen LogP contribution in [0.3, 0.4) is 0 Å². The Morgan fingerprint density at radius 2 is 1.82 bits per heavy atom. The van der Waals surface area contributed by atoms with Crippen LogP contribution < -0.4 is 14.9 Å². The maximum Gasteiger partial charge on any atom is 0.255 e. The minimum atomic E-state index is -3.40. The van der Waals surface area contributed by atoms with Gasteiger partial charge in [-0.05, 0) is 42.8 Å². The van der Waals surface area contributed by atoms with E-state index in [1.807, 2.05) is 0 Å². The van der Waals surface area contributed by atoms with Crippen molar-refractivity contribution in [2.75, 3.05) is 29.5 Å². The Labute approximate surface area is 165 Å². The molecule has 2 N–H and O–H groups in total. The maximum atomic E-state index is 12.6. The molecule has 0 saturated carbocycles. The van der Waals surface area contributed by atoms with Crippen molar-refractivity contribution in [2.24, 2.45) is 0 Å². The highest BCUT2D eigenvalue weighted by molar-refractivity contribution is 7.92. The zero-order valence-corrected chi connectivity index (χ0v) is 16.8. The summed E-state index contributed by atoms with van der Waals surface area (Å²) in [6, 6.07) is 11.4. The Morgan fingerprint density at radius 1 is 1.14 bits per heavy atom. The average Bonchev–Trinajstić information content (AvgIpc) is 2.65. The largest absolute Gasteiger partial charge is 0.349 e. The summed E-state index contributed by atoms with van der Waals surface area (Å²) in [6.07, 6.45) is 2.68. The molecule has 0 aromatic heterocycles. The minimum absolute atomic E-state index is 0.315. The summed E-state index contributed by atoms with van der Waals surface area (Å²) < 4.78 is 24.6. The molecule has 2 rings (SSSR count). The fourth-order valence-electron chi connectivity index (χ4n) is 2.57. The number of carbonyl (C=O) groups excluding carboxylic acids is 2. The average molecular weight is 401 g/mol. The van der Waals surface area contributed by atoms with E-state index in [0.717, 1.165) is 10.6 Å². The van der Waals surface area contributed by atoms with E-state index >= 15 is 0 Å². The van der Waals surface area contributed by atoms with Gasteiger partial charge in [-0.1, -0.05) is 18.2 Å². The van der Waals surface area contributed by atoms with Crippen molar-refractivity contribution in [2.45, 2.75) is 6.92 Å². The molecule has 0 aliphatic carbocycles. The molecule has 0 spiro atoms. The predicted octanol–water partition coefficient (Wildman–Crippen LogP) is 2.56. The normalized spacial score (nSPS) is 10.8. The van der Waals surface area contributed by atoms with Crippen molar-refractivity contribution in [3.63, 3.8) is 0 Å². The molecule has 0 aliphatic rings. The predicted molar refractivity (Wildman–Crippen MR) is 111 cm³/mol. The van der Waals surface area contributed by atoms with Gasteiger partial charge in [0.1, 0.15) is 0 Å². The van der Waals surface area contributed by atoms with Gasteiger partial charge < -0.3 is 10.6 Å². The number of rotatable bonds is 7. The molecule has 148 valence electrons. The first kappa shape index (κ1) is 21.2. The van der Waals surface area contributed by atoms with E-state index < -0.39 is 15.9 Å². The molecule has 2 aromatic carbocycles. The molecule has 8 heteroatoms. The van der Waals surface area contributed by atoms with Gasteiger partial charge in [0.15, 0.2) is 0 Å². The van der Waals surface area contributed by atoms with E-state index in [1.165, 1.54) is 7.05 Å². The van der Waals surface area contributed by atoms with Crippen molar-refractivity contribution in [3.05, 3.63) is 71.8 Å². The van der Waals surface area contributed by atoms with Crippen LogP contribution in [0.15, 0.2) is 55.1 Å². The van der Waals surface area contributed by atoms with E-state index in [0.29, 0.717) is 34.6 Å². The zero-order valence-electron chi connectivity index (χ0n) is 16.0. The van der Waals surface area contributed by atoms with Gasteiger partial charge in [-0.2, -0.15) is 0 Å². The monoisotopic (exact) mass is 401 g/mol. The van der Waals surface area contributed by atoms with Crippen molar-refractivity contribution in [1.82, 2.24) is 5.32 Å². The van der Waals surface area contributed by atoms with Gasteiger partial charge in [0.05, 0.1) is 23.2 Å². The number of hydrogen-bond acceptors (Lipinski definition) is 4. The lowest BCUT2D eigenvalue weighted by atomic mass is 10.1. The lowest BCUT2D eigenvalue weighted by Gasteiger charge is -2.19. The summed E-state index contributed by atoms with van der Waals surface area (Å²) in [5, 5.41) is 5.41. The Kier molecular flexibility index (Phi) is 6.58. The second-order valence-corrected chi connectivity index (χ2v) is 8.24. The number of para-hydroxylation sites is 1. The molecule has 0 aliphatic heterocycles. The number of anilines is 2. The van der Waals surface area contributed by atoms with Crippen LogP contribution in [-0.2, 0) is 10.0 Å². The van der Waals surface area contributed by atoms with Gasteiger partial charge in [0.25, 0.3) is 11.8 Å². The highest BCUT2D eigenvalue weighted by Crippen LogP contribution is 2.23. The van der Waals surface area contributed by atoms with E-state index in [1.54, 1.807) is 55.5 Å². The topological polar surface area (TPSA) is 95.6 Å². The van der Waals surface area contributed by atoms with Gasteiger partial charge in [0, 0.05) is 19.2 Å². The minimum Gasteiger partial charge on any atom is -0.349 e. The lowest BCUT2D eigenvalue weighted by Crippen LogP contribution is -2.26. The molecule has 7 nitrogen and oxygen atoms in total. The summed E-state index contributed by atoms with van der Waals surface area (Å²) in [6.45, 7) is 5.60. The molecular weight excluding hydrogens is 378 g/mol. The lowest BCUT2D eigenvalue weighted by molar-refractivity contribution is 0.0959. The molecule has 0 atom stereocenters. The number of carbonyl (C=O) groups is 2. The highest BCUT2D eigenvalue weighted by Gasteiger charge is 2.17. The van der Waals surface area contributed by atoms with Crippen LogP contribution in [0, 0.1) is 6.92 Å². The van der Waals surface area contributed by atoms with Crippen molar-refractivity contribution in [3.8, 4) is 0 Å². The Balaban J connectivity index is 2.26. The quantitative estimate of drug-likeness (QED) is 0.697. The smallest absolute Gasteiger partial charge is 0.255 e. The first-order valence-electron chi connectivity index (χ1n) is 8.49. The van der Waals surface area contributed by atoms with Crippen LogP contribution in [0.1, 0.15) is 26.3 Å². The molecule has 2 aromatic rings. The summed E-state index contributed by atoms with van der Waals surface area (Å²) in [4.78, 5) is 24.9. The zero-order chi connectivity index (χ0) is 20.9. The number of amides is 2. The number of sulfonamides is 1. The molecule has 0 radical (unpaired) electrons. The SMILES string of the molecule is C=CCNC(=O)c1ccccc1NC(=O)c1ccc(N(C)S(C)(=O)=O)c(C)c1. The molecule has 0 bridgehead atoms. The number of hydrogen-bond donors (Lipinski definition) is 2. The second-order valence-electron chi connectivity index (χ2n) is 6.23. The fraction of sp³-hybridized carbons (Fsp3) is 0.200. The van der Waals surface area contributed by atoms with Crippen molar-refractivity contribution < 1.29 is 18.0 Å². The Hall–Kier alpha value is -3.13. The van der Waals surface area contributed by atoms with Crippen molar-refractivity contribution >= 4 is 33.2 Å². The van der Waals surface area contributed by atoms with Gasteiger partial charge >= 0.3 is 0 Å². The number of nitrogens with zero attached hydrogens (tertiary/aromatic N) is 1. The van der Waals surface area contributed by atoms with E-state index in [4.69, 9.17) is 0 Å². The Morgan fingerprint density at radius 3 is 2.43 bits per heavy atom. The Bertz CT molecular complexity index is 1020. The summed E-state index contributed by atoms with van der Waals surface area (Å²) in [5.41, 5.74) is 2.19. The third-order valence-electron chi connectivity index (χ3n) is 4.12. The summed E-state index contributed by atoms with van der Waals surface area (Å²) >= 11 is 0. The first-order valence-corrected chi connectivity index (χ1v) is 10.3. The third kappa shape index (κ3) is 4.98. The van der Waals surface area contributed by atoms with E-state index in [9.17, 15) is 18.0 Å². The van der Waals surface area contributed by atoms with Crippen LogP contribution >= 0.6 is 0 Å². The van der Waals surface area contributed by atoms with Gasteiger partial charge in [0.2, 0.25) is 10.0 Å². The van der Waals surface area contributed by atoms with Crippen LogP contribution in [0.4, 0.5) is 11.4 Å². The number of benzene rings is 2. The summed E-state index contributed by atoms with van der Waals surface area (Å²) in [5.74, 6) is -0.724. The molecule has 28 heavy (non-hydrogen) atoms. The van der Waals surface area contributed by atoms with Gasteiger partial charge in [-0.3, -0.25) is 13.9 Å². The van der Waals surface area contributed by atoms with E-state index in [-0.39, 0.29) is 5.91 Å². The van der Waals surface area contributed by atoms with Crippen LogP contribution in [0.25, 0.3) is 0 Å². The van der Waals surface area contributed by atoms with Gasteiger partial charge in [-0.25, -0.2) is 8.42 Å². The molecule has 2 amide bonds. The van der Waals surface area contributed by atoms with Crippen LogP contribution in [0.2, 0.25) is 0 Å². The van der Waals surface area contributed by atoms with E-state index in [2.05, 4.69) is 17.2 Å². The van der Waals surface area contributed by atoms with Crippen molar-refractivity contribution in [1.29, 1.82) is 0 Å². The maximum absolute atomic E-state index is 12.6. The number of nitrogens with one attached hydrogen (secondary N) is 2. The molecule has 0 fully saturated rings. The molecule has 0 saturated heterocycles. The first-order chi connectivity index (χ1) is 13.1. The standard InChI is InChI=1S/C20H23N3O4S/c1-5-12-21-20(25)16-8-6-7-9-17(16)22-19(24)15-10-11-18(14(2)13-15)23(3)28(4,26)27/h5-11,13H,1,12H2,2-4H3,(H,21,25)(H,22,24). The molecule has 0 unspecified atom stereocenters. The molecular formula is C20H23N3O4S. The highest BCUT2D eigenvalue weighted by atomic mass is 32.2. The van der Waals surface area contributed by atoms with Crippen LogP contribution in [0.5, 0.6) is 0 Å². The third-order valence-corrected chi connectivity index (χ3v) is 5.31. The second kappa shape index (κ2) is 8.71. The number of aryl methyl sites for hydroxylation is 1. The fourth-order valence-corrected chi connectivity index (χ4v) is 3.14. The summed E-state index contributed by atoms with van der Waals surface area (Å²) in [7, 11) is -1.95.